The lowest BCUT2D eigenvalue weighted by Crippen LogP contribution is -2.26. The summed E-state index contributed by atoms with van der Waals surface area (Å²) in [6.07, 6.45) is -2.61. The van der Waals surface area contributed by atoms with Gasteiger partial charge in [0, 0.05) is 6.54 Å². The lowest BCUT2D eigenvalue weighted by atomic mass is 10.1. The number of para-hydroxylation sites is 1. The van der Waals surface area contributed by atoms with E-state index in [-0.39, 0.29) is 11.4 Å². The normalized spacial score (nSPS) is 11.5. The molecule has 0 bridgehead atoms. The van der Waals surface area contributed by atoms with Gasteiger partial charge in [-0.3, -0.25) is 4.79 Å². The molecular weight excluding hydrogens is 311 g/mol. The van der Waals surface area contributed by atoms with Crippen molar-refractivity contribution in [3.05, 3.63) is 41.7 Å². The van der Waals surface area contributed by atoms with Crippen molar-refractivity contribution in [2.24, 2.45) is 0 Å². The zero-order valence-corrected chi connectivity index (χ0v) is 12.4. The molecule has 1 heterocycles. The number of alkyl halides is 3. The zero-order chi connectivity index (χ0) is 16.9. The van der Waals surface area contributed by atoms with Gasteiger partial charge >= 0.3 is 6.18 Å². The van der Waals surface area contributed by atoms with Crippen LogP contribution in [-0.4, -0.2) is 41.0 Å². The lowest BCUT2D eigenvalue weighted by molar-refractivity contribution is -0.137. The first-order valence-corrected chi connectivity index (χ1v) is 6.95. The minimum absolute atomic E-state index is 0.0357. The summed E-state index contributed by atoms with van der Waals surface area (Å²) >= 11 is 0. The van der Waals surface area contributed by atoms with E-state index in [1.54, 1.807) is 7.05 Å². The Kier molecular flexibility index (Phi) is 5.32. The predicted octanol–water partition coefficient (Wildman–Crippen LogP) is 1.63. The summed E-state index contributed by atoms with van der Waals surface area (Å²) < 4.78 is 39.9. The molecule has 0 radical (unpaired) electrons. The van der Waals surface area contributed by atoms with E-state index < -0.39 is 17.6 Å². The summed E-state index contributed by atoms with van der Waals surface area (Å²) in [4.78, 5) is 11.9. The van der Waals surface area contributed by atoms with Crippen LogP contribution in [0.2, 0.25) is 0 Å². The fraction of sp³-hybridized carbons (Fsp3) is 0.357. The number of nitrogens with zero attached hydrogens (tertiary/aromatic N) is 3. The zero-order valence-electron chi connectivity index (χ0n) is 12.4. The second-order valence-electron chi connectivity index (χ2n) is 4.78. The highest BCUT2D eigenvalue weighted by atomic mass is 19.4. The molecule has 9 heteroatoms. The van der Waals surface area contributed by atoms with E-state index in [4.69, 9.17) is 0 Å². The molecular formula is C14H16F3N5O. The maximum Gasteiger partial charge on any atom is 0.418 e. The van der Waals surface area contributed by atoms with E-state index in [1.165, 1.54) is 24.4 Å². The van der Waals surface area contributed by atoms with Crippen molar-refractivity contribution in [2.75, 3.05) is 20.1 Å². The SMILES string of the molecule is CNCCCNC(=O)c1cn(-c2ccccc2C(F)(F)F)nn1. The van der Waals surface area contributed by atoms with E-state index >= 15 is 0 Å². The molecule has 0 saturated carbocycles. The molecule has 0 aliphatic carbocycles. The molecule has 0 aliphatic rings. The highest BCUT2D eigenvalue weighted by molar-refractivity contribution is 5.91. The largest absolute Gasteiger partial charge is 0.418 e. The fourth-order valence-corrected chi connectivity index (χ4v) is 1.96. The van der Waals surface area contributed by atoms with Crippen molar-refractivity contribution in [2.45, 2.75) is 12.6 Å². The highest BCUT2D eigenvalue weighted by Crippen LogP contribution is 2.33. The first-order chi connectivity index (χ1) is 10.9. The van der Waals surface area contributed by atoms with Crippen LogP contribution in [0, 0.1) is 0 Å². The van der Waals surface area contributed by atoms with Crippen LogP contribution < -0.4 is 10.6 Å². The topological polar surface area (TPSA) is 71.8 Å². The number of carbonyl (C=O) groups excluding carboxylic acids is 1. The Labute approximate surface area is 130 Å². The molecule has 0 aliphatic heterocycles. The number of carbonyl (C=O) groups is 1. The number of amides is 1. The molecule has 6 nitrogen and oxygen atoms in total. The van der Waals surface area contributed by atoms with Crippen LogP contribution in [0.25, 0.3) is 5.69 Å². The molecule has 2 rings (SSSR count). The number of hydrogen-bond acceptors (Lipinski definition) is 4. The van der Waals surface area contributed by atoms with Gasteiger partial charge in [0.2, 0.25) is 0 Å². The number of aromatic nitrogens is 3. The minimum Gasteiger partial charge on any atom is -0.351 e. The Balaban J connectivity index is 2.15. The van der Waals surface area contributed by atoms with Crippen LogP contribution in [0.5, 0.6) is 0 Å². The predicted molar refractivity (Wildman–Crippen MR) is 77.2 cm³/mol. The van der Waals surface area contributed by atoms with Crippen LogP contribution in [0.4, 0.5) is 13.2 Å². The first-order valence-electron chi connectivity index (χ1n) is 6.95. The summed E-state index contributed by atoms with van der Waals surface area (Å²) in [5.74, 6) is -0.475. The van der Waals surface area contributed by atoms with Gasteiger partial charge in [-0.2, -0.15) is 13.2 Å². The number of nitrogens with one attached hydrogen (secondary N) is 2. The van der Waals surface area contributed by atoms with E-state index in [1.807, 2.05) is 0 Å². The number of rotatable bonds is 6. The summed E-state index contributed by atoms with van der Waals surface area (Å²) in [5, 5.41) is 12.8. The Hall–Kier alpha value is -2.42. The van der Waals surface area contributed by atoms with Crippen molar-refractivity contribution in [3.8, 4) is 5.69 Å². The van der Waals surface area contributed by atoms with Crippen molar-refractivity contribution >= 4 is 5.91 Å². The summed E-state index contributed by atoms with van der Waals surface area (Å²) in [6, 6.07) is 4.98. The van der Waals surface area contributed by atoms with E-state index in [0.29, 0.717) is 6.54 Å². The number of benzene rings is 1. The van der Waals surface area contributed by atoms with Crippen LogP contribution in [0.3, 0.4) is 0 Å². The van der Waals surface area contributed by atoms with Gasteiger partial charge in [-0.1, -0.05) is 17.3 Å². The Bertz CT molecular complexity index is 668. The molecule has 1 aromatic heterocycles. The second kappa shape index (κ2) is 7.23. The van der Waals surface area contributed by atoms with Crippen LogP contribution >= 0.6 is 0 Å². The summed E-state index contributed by atoms with van der Waals surface area (Å²) in [7, 11) is 1.80. The Morgan fingerprint density at radius 1 is 1.26 bits per heavy atom. The molecule has 1 amide bonds. The molecule has 0 saturated heterocycles. The maximum absolute atomic E-state index is 13.0. The molecule has 124 valence electrons. The second-order valence-corrected chi connectivity index (χ2v) is 4.78. The van der Waals surface area contributed by atoms with Gasteiger partial charge in [-0.05, 0) is 32.1 Å². The molecule has 23 heavy (non-hydrogen) atoms. The Morgan fingerprint density at radius 2 is 2.00 bits per heavy atom. The van der Waals surface area contributed by atoms with Crippen LogP contribution in [0.15, 0.2) is 30.5 Å². The highest BCUT2D eigenvalue weighted by Gasteiger charge is 2.34. The molecule has 0 atom stereocenters. The maximum atomic E-state index is 13.0. The van der Waals surface area contributed by atoms with Gasteiger partial charge < -0.3 is 10.6 Å². The number of hydrogen-bond donors (Lipinski definition) is 2. The van der Waals surface area contributed by atoms with E-state index in [9.17, 15) is 18.0 Å². The summed E-state index contributed by atoms with van der Waals surface area (Å²) in [6.45, 7) is 1.18. The molecule has 0 unspecified atom stereocenters. The van der Waals surface area contributed by atoms with Crippen LogP contribution in [0.1, 0.15) is 22.5 Å². The molecule has 1 aromatic carbocycles. The minimum atomic E-state index is -4.52. The molecule has 0 fully saturated rings. The quantitative estimate of drug-likeness (QED) is 0.791. The van der Waals surface area contributed by atoms with Gasteiger partial charge in [0.1, 0.15) is 0 Å². The van der Waals surface area contributed by atoms with Gasteiger partial charge in [-0.25, -0.2) is 4.68 Å². The third-order valence-electron chi connectivity index (χ3n) is 3.07. The summed E-state index contributed by atoms with van der Waals surface area (Å²) in [5.41, 5.74) is -1.06. The fourth-order valence-electron chi connectivity index (χ4n) is 1.96. The molecule has 2 aromatic rings. The van der Waals surface area contributed by atoms with Crippen molar-refractivity contribution in [1.29, 1.82) is 0 Å². The van der Waals surface area contributed by atoms with Crippen LogP contribution in [-0.2, 0) is 6.18 Å². The Morgan fingerprint density at radius 3 is 2.70 bits per heavy atom. The third-order valence-corrected chi connectivity index (χ3v) is 3.07. The molecule has 0 spiro atoms. The molecule has 2 N–H and O–H groups in total. The first kappa shape index (κ1) is 16.9. The van der Waals surface area contributed by atoms with Gasteiger partial charge in [0.15, 0.2) is 5.69 Å². The standard InChI is InChI=1S/C14H16F3N5O/c1-18-7-4-8-19-13(23)11-9-22(21-20-11)12-6-3-2-5-10(12)14(15,16)17/h2-3,5-6,9,18H,4,7-8H2,1H3,(H,19,23). The van der Waals surface area contributed by atoms with Crippen molar-refractivity contribution in [3.63, 3.8) is 0 Å². The monoisotopic (exact) mass is 327 g/mol. The van der Waals surface area contributed by atoms with E-state index in [2.05, 4.69) is 20.9 Å². The van der Waals surface area contributed by atoms with Gasteiger partial charge in [0.05, 0.1) is 17.4 Å². The lowest BCUT2D eigenvalue weighted by Gasteiger charge is -2.11. The average Bonchev–Trinajstić information content (AvgIpc) is 3.00. The van der Waals surface area contributed by atoms with Crippen molar-refractivity contribution in [1.82, 2.24) is 25.6 Å². The van der Waals surface area contributed by atoms with Crippen molar-refractivity contribution < 1.29 is 18.0 Å². The third kappa shape index (κ3) is 4.28. The average molecular weight is 327 g/mol. The van der Waals surface area contributed by atoms with E-state index in [0.717, 1.165) is 23.7 Å². The van der Waals surface area contributed by atoms with Gasteiger partial charge in [-0.15, -0.1) is 5.10 Å². The van der Waals surface area contributed by atoms with Gasteiger partial charge in [0.25, 0.3) is 5.91 Å². The number of halogens is 3. The smallest absolute Gasteiger partial charge is 0.351 e.